The molecule has 3 rings (SSSR count). The van der Waals surface area contributed by atoms with Crippen LogP contribution in [0.4, 0.5) is 5.69 Å². The van der Waals surface area contributed by atoms with Crippen LogP contribution in [0.2, 0.25) is 0 Å². The van der Waals surface area contributed by atoms with Gasteiger partial charge < -0.3 is 15.2 Å². The number of amides is 1. The van der Waals surface area contributed by atoms with Crippen LogP contribution < -0.4 is 10.9 Å². The van der Waals surface area contributed by atoms with Crippen LogP contribution in [0.15, 0.2) is 34.4 Å². The molecule has 1 amide bonds. The third-order valence-electron chi connectivity index (χ3n) is 4.87. The summed E-state index contributed by atoms with van der Waals surface area (Å²) in [5.41, 5.74) is 1.09. The van der Waals surface area contributed by atoms with Gasteiger partial charge in [-0.25, -0.2) is 9.78 Å². The molecule has 0 aliphatic rings. The average molecular weight is 444 g/mol. The van der Waals surface area contributed by atoms with Gasteiger partial charge in [-0.3, -0.25) is 14.2 Å². The van der Waals surface area contributed by atoms with E-state index in [0.29, 0.717) is 29.4 Å². The molecule has 1 aromatic carbocycles. The van der Waals surface area contributed by atoms with E-state index in [0.717, 1.165) is 16.9 Å². The molecule has 0 fully saturated rings. The summed E-state index contributed by atoms with van der Waals surface area (Å²) in [5, 5.41) is 13.6. The molecule has 3 aromatic rings. The van der Waals surface area contributed by atoms with Gasteiger partial charge in [-0.1, -0.05) is 32.9 Å². The lowest BCUT2D eigenvalue weighted by Gasteiger charge is -2.19. The number of benzene rings is 1. The van der Waals surface area contributed by atoms with E-state index in [1.807, 2.05) is 24.3 Å². The molecule has 2 N–H and O–H groups in total. The summed E-state index contributed by atoms with van der Waals surface area (Å²) >= 11 is 1.09. The molecule has 31 heavy (non-hydrogen) atoms. The Bertz CT molecular complexity index is 1170. The molecule has 9 heteroatoms. The highest BCUT2D eigenvalue weighted by Crippen LogP contribution is 2.24. The minimum atomic E-state index is -1.20. The van der Waals surface area contributed by atoms with Crippen LogP contribution in [0.1, 0.15) is 42.5 Å². The third-order valence-corrected chi connectivity index (χ3v) is 5.74. The van der Waals surface area contributed by atoms with Crippen molar-refractivity contribution in [2.24, 2.45) is 0 Å². The van der Waals surface area contributed by atoms with Crippen LogP contribution in [0, 0.1) is 0 Å². The number of aromatic carboxylic acids is 1. The standard InChI is InChI=1S/C22H25N3O5S/c1-22(2,3)13-5-7-14(8-6-13)23-17(26)11-25-16(9-10-30-4)24-19-18(20(25)27)15(12-31-19)21(28)29/h5-8,12H,9-11H2,1-4H3,(H,23,26)(H,28,29). The van der Waals surface area contributed by atoms with E-state index in [2.05, 4.69) is 31.1 Å². The highest BCUT2D eigenvalue weighted by molar-refractivity contribution is 7.17. The molecule has 2 heterocycles. The number of nitrogens with one attached hydrogen (secondary N) is 1. The van der Waals surface area contributed by atoms with Crippen LogP contribution in [0.3, 0.4) is 0 Å². The number of carboxylic acids is 1. The molecule has 0 saturated carbocycles. The van der Waals surface area contributed by atoms with Crippen LogP contribution in [0.5, 0.6) is 0 Å². The lowest BCUT2D eigenvalue weighted by molar-refractivity contribution is -0.116. The summed E-state index contributed by atoms with van der Waals surface area (Å²) in [6.45, 7) is 6.34. The van der Waals surface area contributed by atoms with Crippen LogP contribution in [0.25, 0.3) is 10.2 Å². The van der Waals surface area contributed by atoms with E-state index in [4.69, 9.17) is 4.74 Å². The smallest absolute Gasteiger partial charge is 0.337 e. The molecule has 0 saturated heterocycles. The van der Waals surface area contributed by atoms with Crippen molar-refractivity contribution in [1.29, 1.82) is 0 Å². The average Bonchev–Trinajstić information content (AvgIpc) is 3.13. The predicted molar refractivity (Wildman–Crippen MR) is 120 cm³/mol. The van der Waals surface area contributed by atoms with Gasteiger partial charge in [0.15, 0.2) is 0 Å². The second kappa shape index (κ2) is 8.99. The first-order chi connectivity index (χ1) is 14.6. The molecular weight excluding hydrogens is 418 g/mol. The van der Waals surface area contributed by atoms with Crippen LogP contribution in [-0.2, 0) is 27.9 Å². The van der Waals surface area contributed by atoms with Crippen LogP contribution >= 0.6 is 11.3 Å². The maximum atomic E-state index is 13.1. The summed E-state index contributed by atoms with van der Waals surface area (Å²) in [4.78, 5) is 42.0. The fourth-order valence-electron chi connectivity index (χ4n) is 3.17. The van der Waals surface area contributed by atoms with Gasteiger partial charge in [-0.2, -0.15) is 0 Å². The Kier molecular flexibility index (Phi) is 6.56. The van der Waals surface area contributed by atoms with Gasteiger partial charge in [-0.15, -0.1) is 11.3 Å². The normalized spacial score (nSPS) is 11.6. The Labute approximate surface area is 183 Å². The van der Waals surface area contributed by atoms with Gasteiger partial charge in [0.1, 0.15) is 17.2 Å². The van der Waals surface area contributed by atoms with Gasteiger partial charge in [0.2, 0.25) is 5.91 Å². The van der Waals surface area contributed by atoms with Crippen molar-refractivity contribution >= 4 is 39.1 Å². The zero-order chi connectivity index (χ0) is 22.8. The maximum Gasteiger partial charge on any atom is 0.337 e. The summed E-state index contributed by atoms with van der Waals surface area (Å²) in [7, 11) is 1.53. The van der Waals surface area contributed by atoms with E-state index < -0.39 is 17.4 Å². The lowest BCUT2D eigenvalue weighted by Crippen LogP contribution is -2.32. The first-order valence-electron chi connectivity index (χ1n) is 9.75. The minimum Gasteiger partial charge on any atom is -0.478 e. The number of fused-ring (bicyclic) bond motifs is 1. The number of thiophene rings is 1. The van der Waals surface area contributed by atoms with E-state index in [9.17, 15) is 19.5 Å². The summed E-state index contributed by atoms with van der Waals surface area (Å²) < 4.78 is 6.31. The van der Waals surface area contributed by atoms with E-state index >= 15 is 0 Å². The SMILES string of the molecule is COCCc1nc2scc(C(=O)O)c2c(=O)n1CC(=O)Nc1ccc(C(C)(C)C)cc1. The minimum absolute atomic E-state index is 0.00440. The number of rotatable bonds is 7. The van der Waals surface area contributed by atoms with E-state index in [-0.39, 0.29) is 22.9 Å². The first kappa shape index (κ1) is 22.6. The number of hydrogen-bond donors (Lipinski definition) is 2. The molecule has 0 unspecified atom stereocenters. The molecule has 0 bridgehead atoms. The van der Waals surface area contributed by atoms with E-state index in [1.165, 1.54) is 17.1 Å². The molecule has 8 nitrogen and oxygen atoms in total. The molecule has 2 aromatic heterocycles. The summed E-state index contributed by atoms with van der Waals surface area (Å²) in [6, 6.07) is 7.53. The predicted octanol–water partition coefficient (Wildman–Crippen LogP) is 3.28. The number of ether oxygens (including phenoxy) is 1. The monoisotopic (exact) mass is 443 g/mol. The fraction of sp³-hybridized carbons (Fsp3) is 0.364. The number of nitrogens with zero attached hydrogens (tertiary/aromatic N) is 2. The molecular formula is C22H25N3O5S. The molecule has 0 aliphatic carbocycles. The second-order valence-electron chi connectivity index (χ2n) is 8.17. The van der Waals surface area contributed by atoms with Gasteiger partial charge in [0.25, 0.3) is 5.56 Å². The largest absolute Gasteiger partial charge is 0.478 e. The van der Waals surface area contributed by atoms with Crippen molar-refractivity contribution in [3.8, 4) is 0 Å². The highest BCUT2D eigenvalue weighted by Gasteiger charge is 2.21. The molecule has 0 atom stereocenters. The lowest BCUT2D eigenvalue weighted by atomic mass is 9.87. The maximum absolute atomic E-state index is 13.1. The molecule has 164 valence electrons. The van der Waals surface area contributed by atoms with Crippen molar-refractivity contribution in [2.75, 3.05) is 19.0 Å². The Balaban J connectivity index is 1.92. The summed E-state index contributed by atoms with van der Waals surface area (Å²) in [6.07, 6.45) is 0.315. The molecule has 0 radical (unpaired) electrons. The van der Waals surface area contributed by atoms with Crippen molar-refractivity contribution in [2.45, 2.75) is 39.2 Å². The van der Waals surface area contributed by atoms with Gasteiger partial charge in [0.05, 0.1) is 17.6 Å². The third kappa shape index (κ3) is 5.00. The van der Waals surface area contributed by atoms with Gasteiger partial charge in [0, 0.05) is 24.6 Å². The van der Waals surface area contributed by atoms with Crippen LogP contribution in [-0.4, -0.2) is 40.3 Å². The quantitative estimate of drug-likeness (QED) is 0.580. The summed E-state index contributed by atoms with van der Waals surface area (Å²) in [5.74, 6) is -1.24. The topological polar surface area (TPSA) is 111 Å². The Morgan fingerprint density at radius 2 is 1.90 bits per heavy atom. The fourth-order valence-corrected chi connectivity index (χ4v) is 4.09. The second-order valence-corrected chi connectivity index (χ2v) is 9.03. The number of hydrogen-bond acceptors (Lipinski definition) is 6. The van der Waals surface area contributed by atoms with Crippen molar-refractivity contribution < 1.29 is 19.4 Å². The Hall–Kier alpha value is -3.04. The highest BCUT2D eigenvalue weighted by atomic mass is 32.1. The Morgan fingerprint density at radius 1 is 1.23 bits per heavy atom. The molecule has 0 spiro atoms. The Morgan fingerprint density at radius 3 is 2.48 bits per heavy atom. The zero-order valence-electron chi connectivity index (χ0n) is 17.9. The van der Waals surface area contributed by atoms with Crippen molar-refractivity contribution in [1.82, 2.24) is 9.55 Å². The number of methoxy groups -OCH3 is 1. The number of aromatic nitrogens is 2. The molecule has 0 aliphatic heterocycles. The number of anilines is 1. The van der Waals surface area contributed by atoms with Gasteiger partial charge >= 0.3 is 5.97 Å². The zero-order valence-corrected chi connectivity index (χ0v) is 18.7. The van der Waals surface area contributed by atoms with E-state index in [1.54, 1.807) is 0 Å². The number of carboxylic acid groups (broad SMARTS) is 1. The van der Waals surface area contributed by atoms with Crippen molar-refractivity contribution in [3.63, 3.8) is 0 Å². The number of carbonyl (C=O) groups is 2. The van der Waals surface area contributed by atoms with Crippen molar-refractivity contribution in [3.05, 3.63) is 57.0 Å². The van der Waals surface area contributed by atoms with Gasteiger partial charge in [-0.05, 0) is 23.1 Å². The number of carbonyl (C=O) groups excluding carboxylic acids is 1. The first-order valence-corrected chi connectivity index (χ1v) is 10.6.